The Bertz CT molecular complexity index is 2140. The van der Waals surface area contributed by atoms with Crippen LogP contribution < -0.4 is 10.5 Å². The van der Waals surface area contributed by atoms with Crippen molar-refractivity contribution in [3.63, 3.8) is 0 Å². The van der Waals surface area contributed by atoms with Gasteiger partial charge in [0.1, 0.15) is 0 Å². The third-order valence-electron chi connectivity index (χ3n) is 7.80. The number of hydrogen-bond donors (Lipinski definition) is 0. The molecular formula is C40H30N6Pt. The second-order valence-corrected chi connectivity index (χ2v) is 10.8. The summed E-state index contributed by atoms with van der Waals surface area (Å²) in [5.74, 6) is 2.72. The summed E-state index contributed by atoms with van der Waals surface area (Å²) in [6.07, 6.45) is 17.8. The number of nitrogens with zero attached hydrogens (tertiary/aromatic N) is 6. The first-order chi connectivity index (χ1) is 22.8. The molecule has 6 aromatic rings. The fraction of sp³-hybridized carbons (Fsp3) is 0.0500. The molecule has 2 atom stereocenters. The average molecular weight is 790 g/mol. The predicted octanol–water partition coefficient (Wildman–Crippen LogP) is 9.13. The summed E-state index contributed by atoms with van der Waals surface area (Å²) >= 11 is 0. The molecule has 4 heterocycles. The van der Waals surface area contributed by atoms with Gasteiger partial charge in [-0.05, 0) is 62.8 Å². The minimum atomic E-state index is 0. The zero-order valence-electron chi connectivity index (χ0n) is 25.3. The molecule has 6 nitrogen and oxygen atoms in total. The SMILES string of the molecule is C1=CC2C=C[N-]C(=Nc3cc(-c4ccccc4)ccn3)C2C=C1.[Pt+2].c1ccc(-c2ccnc(N=c3[n-]ccc4ccccc34)c2)cc1. The second kappa shape index (κ2) is 15.2. The van der Waals surface area contributed by atoms with Gasteiger partial charge >= 0.3 is 21.1 Å². The van der Waals surface area contributed by atoms with Crippen molar-refractivity contribution in [1.29, 1.82) is 0 Å². The van der Waals surface area contributed by atoms with Gasteiger partial charge in [-0.2, -0.15) is 0 Å². The molecule has 1 aliphatic heterocycles. The Kier molecular flexibility index (Phi) is 10.2. The number of rotatable bonds is 4. The van der Waals surface area contributed by atoms with Gasteiger partial charge in [-0.1, -0.05) is 140 Å². The van der Waals surface area contributed by atoms with E-state index in [9.17, 15) is 0 Å². The van der Waals surface area contributed by atoms with E-state index >= 15 is 0 Å². The van der Waals surface area contributed by atoms with Crippen LogP contribution in [-0.4, -0.2) is 15.8 Å². The number of aliphatic imine (C=N–C) groups is 1. The maximum atomic E-state index is 4.69. The van der Waals surface area contributed by atoms with Crippen molar-refractivity contribution in [2.45, 2.75) is 0 Å². The minimum absolute atomic E-state index is 0. The van der Waals surface area contributed by atoms with E-state index in [0.29, 0.717) is 23.0 Å². The van der Waals surface area contributed by atoms with Crippen molar-refractivity contribution in [3.05, 3.63) is 181 Å². The largest absolute Gasteiger partial charge is 2.00 e. The zero-order valence-corrected chi connectivity index (χ0v) is 27.6. The van der Waals surface area contributed by atoms with Crippen molar-refractivity contribution in [2.24, 2.45) is 21.8 Å². The molecule has 2 unspecified atom stereocenters. The molecule has 0 saturated carbocycles. The van der Waals surface area contributed by atoms with Gasteiger partial charge in [-0.25, -0.2) is 0 Å². The number of pyridine rings is 3. The second-order valence-electron chi connectivity index (χ2n) is 10.8. The van der Waals surface area contributed by atoms with Crippen LogP contribution in [0, 0.1) is 11.8 Å². The maximum absolute atomic E-state index is 4.69. The summed E-state index contributed by atoms with van der Waals surface area (Å²) in [5.41, 5.74) is 5.22. The third-order valence-corrected chi connectivity index (χ3v) is 7.80. The Morgan fingerprint density at radius 2 is 1.19 bits per heavy atom. The number of amidine groups is 1. The van der Waals surface area contributed by atoms with Crippen LogP contribution in [0.3, 0.4) is 0 Å². The fourth-order valence-electron chi connectivity index (χ4n) is 5.47. The van der Waals surface area contributed by atoms with Crippen LogP contribution in [0.25, 0.3) is 38.3 Å². The summed E-state index contributed by atoms with van der Waals surface area (Å²) < 4.78 is 0. The van der Waals surface area contributed by atoms with Gasteiger partial charge in [0.2, 0.25) is 0 Å². The van der Waals surface area contributed by atoms with Crippen LogP contribution in [-0.2, 0) is 21.1 Å². The molecule has 0 saturated heterocycles. The van der Waals surface area contributed by atoms with Gasteiger partial charge < -0.3 is 20.3 Å². The molecule has 230 valence electrons. The first-order valence-electron chi connectivity index (χ1n) is 15.2. The van der Waals surface area contributed by atoms with E-state index in [1.807, 2.05) is 91.1 Å². The monoisotopic (exact) mass is 789 g/mol. The van der Waals surface area contributed by atoms with Crippen molar-refractivity contribution in [2.75, 3.05) is 0 Å². The van der Waals surface area contributed by atoms with E-state index in [2.05, 4.69) is 86.0 Å². The molecule has 8 rings (SSSR count). The fourth-order valence-corrected chi connectivity index (χ4v) is 5.47. The number of allylic oxidation sites excluding steroid dienone is 4. The number of fused-ring (bicyclic) bond motifs is 2. The van der Waals surface area contributed by atoms with Crippen molar-refractivity contribution in [1.82, 2.24) is 15.0 Å². The van der Waals surface area contributed by atoms with Gasteiger partial charge in [0, 0.05) is 24.2 Å². The Balaban J connectivity index is 0.000000161. The molecule has 47 heavy (non-hydrogen) atoms. The van der Waals surface area contributed by atoms with Crippen LogP contribution in [0.2, 0.25) is 0 Å². The summed E-state index contributed by atoms with van der Waals surface area (Å²) in [4.78, 5) is 22.5. The summed E-state index contributed by atoms with van der Waals surface area (Å²) in [7, 11) is 0. The number of hydrogen-bond acceptors (Lipinski definition) is 4. The van der Waals surface area contributed by atoms with E-state index in [-0.39, 0.29) is 27.0 Å². The topological polar surface area (TPSA) is 78.7 Å². The molecule has 0 spiro atoms. The molecule has 3 aromatic heterocycles. The minimum Gasteiger partial charge on any atom is -0.446 e. The summed E-state index contributed by atoms with van der Waals surface area (Å²) in [6.45, 7) is 0. The normalized spacial score (nSPS) is 17.3. The van der Waals surface area contributed by atoms with E-state index in [1.165, 1.54) is 0 Å². The van der Waals surface area contributed by atoms with Gasteiger partial charge in [0.15, 0.2) is 0 Å². The third kappa shape index (κ3) is 7.68. The van der Waals surface area contributed by atoms with Gasteiger partial charge in [0.05, 0.1) is 11.6 Å². The average Bonchev–Trinajstić information content (AvgIpc) is 3.13. The van der Waals surface area contributed by atoms with E-state index in [1.54, 1.807) is 18.6 Å². The Hall–Kier alpha value is -5.45. The van der Waals surface area contributed by atoms with Gasteiger partial charge in [0.25, 0.3) is 0 Å². The molecule has 7 heteroatoms. The molecule has 0 radical (unpaired) electrons. The first kappa shape index (κ1) is 31.5. The van der Waals surface area contributed by atoms with Crippen molar-refractivity contribution >= 4 is 28.2 Å². The van der Waals surface area contributed by atoms with Crippen LogP contribution in [0.15, 0.2) is 180 Å². The van der Waals surface area contributed by atoms with Crippen molar-refractivity contribution < 1.29 is 21.1 Å². The Morgan fingerprint density at radius 1 is 0.574 bits per heavy atom. The Morgan fingerprint density at radius 3 is 1.89 bits per heavy atom. The van der Waals surface area contributed by atoms with Crippen LogP contribution in [0.5, 0.6) is 0 Å². The summed E-state index contributed by atoms with van der Waals surface area (Å²) in [5, 5.41) is 6.61. The standard InChI is InChI=1S/C20H16N3.C20H14N3.Pt/c2*1-2-6-15(7-3-1)17-11-12-21-19(14-17)23-20-18-9-5-4-8-16(18)10-13-22-20;/h1-14,16,18H;1-14H;/q2*-1;+2. The first-order valence-corrected chi connectivity index (χ1v) is 15.2. The Labute approximate surface area is 288 Å². The number of aromatic nitrogens is 3. The van der Waals surface area contributed by atoms with Crippen LogP contribution in [0.1, 0.15) is 0 Å². The molecule has 1 aliphatic carbocycles. The van der Waals surface area contributed by atoms with Crippen LogP contribution >= 0.6 is 0 Å². The van der Waals surface area contributed by atoms with Crippen molar-refractivity contribution in [3.8, 4) is 22.3 Å². The molecule has 3 aromatic carbocycles. The maximum Gasteiger partial charge on any atom is 2.00 e. The van der Waals surface area contributed by atoms with Gasteiger partial charge in [-0.15, -0.1) is 0 Å². The molecule has 0 N–H and O–H groups in total. The smallest absolute Gasteiger partial charge is 0.446 e. The number of benzene rings is 3. The molecule has 0 amide bonds. The van der Waals surface area contributed by atoms with E-state index < -0.39 is 0 Å². The molecule has 0 fully saturated rings. The quantitative estimate of drug-likeness (QED) is 0.179. The molecule has 2 aliphatic rings. The zero-order chi connectivity index (χ0) is 31.0. The van der Waals surface area contributed by atoms with E-state index in [0.717, 1.165) is 38.9 Å². The predicted molar refractivity (Wildman–Crippen MR) is 187 cm³/mol. The summed E-state index contributed by atoms with van der Waals surface area (Å²) in [6, 6.07) is 38.6. The molecule has 0 bridgehead atoms. The molecular weight excluding hydrogens is 760 g/mol. The van der Waals surface area contributed by atoms with E-state index in [4.69, 9.17) is 4.99 Å². The van der Waals surface area contributed by atoms with Crippen LogP contribution in [0.4, 0.5) is 11.6 Å². The van der Waals surface area contributed by atoms with Gasteiger partial charge in [-0.3, -0.25) is 9.97 Å².